The number of nitrogens with zero attached hydrogens (tertiary/aromatic N) is 6. The lowest BCUT2D eigenvalue weighted by Crippen LogP contribution is -2.45. The molecule has 0 aromatic carbocycles. The van der Waals surface area contributed by atoms with Crippen LogP contribution in [0.2, 0.25) is 0 Å². The van der Waals surface area contributed by atoms with Crippen LogP contribution in [0.15, 0.2) is 33.1 Å². The van der Waals surface area contributed by atoms with Crippen molar-refractivity contribution in [2.24, 2.45) is 11.8 Å². The van der Waals surface area contributed by atoms with E-state index < -0.39 is 17.9 Å². The zero-order chi connectivity index (χ0) is 28.0. The van der Waals surface area contributed by atoms with Crippen LogP contribution >= 0.6 is 0 Å². The highest BCUT2D eigenvalue weighted by Gasteiger charge is 2.38. The molecule has 0 amide bonds. The van der Waals surface area contributed by atoms with Crippen molar-refractivity contribution in [2.75, 3.05) is 30.0 Å². The maximum absolute atomic E-state index is 13.3. The smallest absolute Gasteiger partial charge is 0.377 e. The predicted molar refractivity (Wildman–Crippen MR) is 141 cm³/mol. The maximum atomic E-state index is 13.3. The zero-order valence-electron chi connectivity index (χ0n) is 22.2. The number of hydrogen-bond acceptors (Lipinski definition) is 9. The average molecular weight is 561 g/mol. The monoisotopic (exact) mass is 560 g/mol. The number of aromatic nitrogens is 6. The number of hydrogen-bond donors (Lipinski definition) is 2. The first-order valence-electron chi connectivity index (χ1n) is 13.6. The van der Waals surface area contributed by atoms with Gasteiger partial charge in [-0.15, -0.1) is 0 Å². The van der Waals surface area contributed by atoms with Crippen LogP contribution < -0.4 is 16.0 Å². The van der Waals surface area contributed by atoms with Gasteiger partial charge in [0.05, 0.1) is 31.7 Å². The van der Waals surface area contributed by atoms with Crippen LogP contribution in [0.5, 0.6) is 0 Å². The second-order valence-electron chi connectivity index (χ2n) is 10.8. The molecule has 2 fully saturated rings. The number of ether oxygens (including phenoxy) is 1. The van der Waals surface area contributed by atoms with Crippen LogP contribution in [0.3, 0.4) is 0 Å². The number of nitrogens with one attached hydrogen (secondary N) is 2. The standard InChI is InChI=1S/C26H31F3N8O3/c1-14-13-39-11-10-36(14)24-33-21-19(37(24)12-16-6-8-18(9-7-16)26(27,28)29)20(30-15(2)17-4-3-5-17)31-22(32-21)23-34-25(38)40-35-23/h6-8,14-15,17-18H,3-5,9-13H2,1-2H3,(H,30,31,32)(H,34,35,38)/t14-,15-,18?/m1/s1. The highest BCUT2D eigenvalue weighted by Crippen LogP contribution is 2.37. The Bertz CT molecular complexity index is 1500. The van der Waals surface area contributed by atoms with Gasteiger partial charge in [0.1, 0.15) is 5.52 Å². The van der Waals surface area contributed by atoms with E-state index in [4.69, 9.17) is 14.7 Å². The second kappa shape index (κ2) is 10.4. The first-order valence-corrected chi connectivity index (χ1v) is 13.6. The molecule has 4 heterocycles. The van der Waals surface area contributed by atoms with Gasteiger partial charge in [0, 0.05) is 12.6 Å². The van der Waals surface area contributed by atoms with Crippen molar-refractivity contribution < 1.29 is 22.4 Å². The molecule has 0 radical (unpaired) electrons. The van der Waals surface area contributed by atoms with Crippen molar-refractivity contribution >= 4 is 22.9 Å². The fourth-order valence-corrected chi connectivity index (χ4v) is 5.43. The number of anilines is 2. The van der Waals surface area contributed by atoms with Gasteiger partial charge in [-0.1, -0.05) is 29.8 Å². The Morgan fingerprint density at radius 3 is 2.70 bits per heavy atom. The molecule has 3 aromatic rings. The third-order valence-corrected chi connectivity index (χ3v) is 8.02. The van der Waals surface area contributed by atoms with Gasteiger partial charge in [-0.25, -0.2) is 14.8 Å². The van der Waals surface area contributed by atoms with Crippen LogP contribution in [0, 0.1) is 11.8 Å². The summed E-state index contributed by atoms with van der Waals surface area (Å²) in [6, 6.07) is 0.117. The van der Waals surface area contributed by atoms with E-state index in [0.29, 0.717) is 48.6 Å². The molecule has 0 bridgehead atoms. The van der Waals surface area contributed by atoms with E-state index in [2.05, 4.69) is 36.8 Å². The van der Waals surface area contributed by atoms with Crippen LogP contribution in [0.1, 0.15) is 39.5 Å². The summed E-state index contributed by atoms with van der Waals surface area (Å²) in [5.41, 5.74) is 1.74. The largest absolute Gasteiger partial charge is 0.439 e. The van der Waals surface area contributed by atoms with Crippen LogP contribution in [0.25, 0.3) is 22.8 Å². The van der Waals surface area contributed by atoms with Gasteiger partial charge >= 0.3 is 11.9 Å². The summed E-state index contributed by atoms with van der Waals surface area (Å²) >= 11 is 0. The molecule has 214 valence electrons. The normalized spacial score (nSPS) is 22.8. The zero-order valence-corrected chi connectivity index (χ0v) is 22.2. The molecule has 14 heteroatoms. The summed E-state index contributed by atoms with van der Waals surface area (Å²) in [7, 11) is 0. The number of halogens is 3. The minimum Gasteiger partial charge on any atom is -0.377 e. The molecule has 1 saturated heterocycles. The highest BCUT2D eigenvalue weighted by atomic mass is 19.4. The number of alkyl halides is 3. The van der Waals surface area contributed by atoms with Gasteiger partial charge in [-0.05, 0) is 44.6 Å². The van der Waals surface area contributed by atoms with Gasteiger partial charge in [0.15, 0.2) is 11.5 Å². The Balaban J connectivity index is 1.47. The number of imidazole rings is 1. The predicted octanol–water partition coefficient (Wildman–Crippen LogP) is 4.06. The third-order valence-electron chi connectivity index (χ3n) is 8.02. The Morgan fingerprint density at radius 2 is 2.08 bits per heavy atom. The number of rotatable bonds is 7. The Labute approximate surface area is 227 Å². The summed E-state index contributed by atoms with van der Waals surface area (Å²) < 4.78 is 52.1. The van der Waals surface area contributed by atoms with Crippen LogP contribution in [-0.2, 0) is 11.3 Å². The lowest BCUT2D eigenvalue weighted by molar-refractivity contribution is -0.160. The minimum absolute atomic E-state index is 0.0134. The molecule has 2 aliphatic carbocycles. The van der Waals surface area contributed by atoms with E-state index in [1.807, 2.05) is 11.5 Å². The lowest BCUT2D eigenvalue weighted by Gasteiger charge is -2.34. The molecule has 0 spiro atoms. The first-order chi connectivity index (χ1) is 19.2. The molecule has 3 aliphatic rings. The van der Waals surface area contributed by atoms with Gasteiger partial charge in [0.25, 0.3) is 0 Å². The highest BCUT2D eigenvalue weighted by molar-refractivity contribution is 5.87. The summed E-state index contributed by atoms with van der Waals surface area (Å²) in [5.74, 6) is -0.369. The van der Waals surface area contributed by atoms with E-state index in [0.717, 1.165) is 18.4 Å². The van der Waals surface area contributed by atoms with E-state index in [9.17, 15) is 18.0 Å². The maximum Gasteiger partial charge on any atom is 0.439 e. The van der Waals surface area contributed by atoms with Gasteiger partial charge < -0.3 is 19.5 Å². The molecular weight excluding hydrogens is 529 g/mol. The van der Waals surface area contributed by atoms with E-state index in [1.165, 1.54) is 12.5 Å². The second-order valence-corrected chi connectivity index (χ2v) is 10.8. The van der Waals surface area contributed by atoms with E-state index >= 15 is 0 Å². The van der Waals surface area contributed by atoms with Gasteiger partial charge in [-0.2, -0.15) is 18.2 Å². The molecule has 1 aliphatic heterocycles. The summed E-state index contributed by atoms with van der Waals surface area (Å²) in [6.45, 7) is 6.04. The third kappa shape index (κ3) is 5.11. The molecule has 3 atom stereocenters. The van der Waals surface area contributed by atoms with Gasteiger partial charge in [0.2, 0.25) is 17.6 Å². The Kier molecular flexibility index (Phi) is 6.88. The molecule has 1 unspecified atom stereocenters. The van der Waals surface area contributed by atoms with Crippen LogP contribution in [0.4, 0.5) is 24.9 Å². The minimum atomic E-state index is -4.28. The van der Waals surface area contributed by atoms with Gasteiger partial charge in [-0.3, -0.25) is 9.51 Å². The van der Waals surface area contributed by atoms with Crippen molar-refractivity contribution in [1.82, 2.24) is 29.7 Å². The molecule has 2 N–H and O–H groups in total. The van der Waals surface area contributed by atoms with E-state index in [1.54, 1.807) is 12.2 Å². The molecular formula is C26H31F3N8O3. The number of allylic oxidation sites excluding steroid dienone is 4. The van der Waals surface area contributed by atoms with Crippen LogP contribution in [-0.4, -0.2) is 67.7 Å². The van der Waals surface area contributed by atoms with Crippen molar-refractivity contribution in [3.8, 4) is 11.6 Å². The topological polar surface area (TPSA) is 127 Å². The molecule has 3 aromatic heterocycles. The van der Waals surface area contributed by atoms with E-state index in [-0.39, 0.29) is 36.7 Å². The molecule has 11 nitrogen and oxygen atoms in total. The number of morpholine rings is 1. The fraction of sp³-hybridized carbons (Fsp3) is 0.577. The van der Waals surface area contributed by atoms with Crippen molar-refractivity contribution in [2.45, 2.75) is 64.3 Å². The quantitative estimate of drug-likeness (QED) is 0.440. The first kappa shape index (κ1) is 26.5. The lowest BCUT2D eigenvalue weighted by atomic mass is 9.80. The summed E-state index contributed by atoms with van der Waals surface area (Å²) in [5, 5.41) is 7.30. The number of fused-ring (bicyclic) bond motifs is 1. The number of H-pyrrole nitrogens is 1. The van der Waals surface area contributed by atoms with Crippen molar-refractivity contribution in [3.63, 3.8) is 0 Å². The van der Waals surface area contributed by atoms with Crippen molar-refractivity contribution in [3.05, 3.63) is 34.4 Å². The summed E-state index contributed by atoms with van der Waals surface area (Å²) in [4.78, 5) is 30.5. The summed E-state index contributed by atoms with van der Waals surface area (Å²) in [6.07, 6.45) is 3.40. The molecule has 6 rings (SSSR count). The number of aromatic amines is 1. The van der Waals surface area contributed by atoms with Crippen molar-refractivity contribution in [1.29, 1.82) is 0 Å². The fourth-order valence-electron chi connectivity index (χ4n) is 5.43. The SMILES string of the molecule is C[C@@H]1COCCN1c1nc2nc(-c3noc(=O)[nH]3)nc(N[C@H](C)C3CCC3)c2n1CC1=CCC(C(F)(F)F)C=C1. The Morgan fingerprint density at radius 1 is 1.25 bits per heavy atom. The Hall–Kier alpha value is -3.68. The molecule has 1 saturated carbocycles. The average Bonchev–Trinajstić information content (AvgIpc) is 3.47. The molecule has 40 heavy (non-hydrogen) atoms.